The van der Waals surface area contributed by atoms with E-state index in [-0.39, 0.29) is 4.90 Å². The molecule has 3 rings (SSSR count). The van der Waals surface area contributed by atoms with E-state index in [4.69, 9.17) is 0 Å². The van der Waals surface area contributed by atoms with E-state index < -0.39 is 10.0 Å². The normalized spacial score (nSPS) is 11.4. The molecule has 1 heterocycles. The fourth-order valence-corrected chi connectivity index (χ4v) is 3.09. The van der Waals surface area contributed by atoms with Crippen molar-refractivity contribution in [3.05, 3.63) is 54.1 Å². The molecule has 0 aliphatic carbocycles. The Balaban J connectivity index is 1.99. The molecule has 9 heteroatoms. The molecule has 1 aromatic heterocycles. The molecule has 0 saturated carbocycles. The maximum absolute atomic E-state index is 12.1. The van der Waals surface area contributed by atoms with E-state index >= 15 is 0 Å². The highest BCUT2D eigenvalue weighted by atomic mass is 32.2. The van der Waals surface area contributed by atoms with Gasteiger partial charge >= 0.3 is 0 Å². The molecule has 0 spiro atoms. The largest absolute Gasteiger partial charge is 0.380 e. The van der Waals surface area contributed by atoms with Crippen molar-refractivity contribution in [2.45, 2.75) is 11.4 Å². The van der Waals surface area contributed by atoms with Crippen LogP contribution in [0.2, 0.25) is 0 Å². The predicted octanol–water partition coefficient (Wildman–Crippen LogP) is 1.40. The summed E-state index contributed by atoms with van der Waals surface area (Å²) in [6.07, 6.45) is 0. The van der Waals surface area contributed by atoms with Crippen LogP contribution in [0.25, 0.3) is 11.4 Å². The van der Waals surface area contributed by atoms with E-state index in [0.29, 0.717) is 17.9 Å². The van der Waals surface area contributed by atoms with Gasteiger partial charge in [0.25, 0.3) is 0 Å². The number of sulfonamides is 1. The van der Waals surface area contributed by atoms with Crippen LogP contribution in [0.4, 0.5) is 5.69 Å². The number of aromatic nitrogens is 4. The van der Waals surface area contributed by atoms with Crippen molar-refractivity contribution in [3.8, 4) is 11.4 Å². The number of hydrogen-bond donors (Lipinski definition) is 2. The highest BCUT2D eigenvalue weighted by Crippen LogP contribution is 2.28. The average Bonchev–Trinajstić information content (AvgIpc) is 3.07. The van der Waals surface area contributed by atoms with Gasteiger partial charge in [0.1, 0.15) is 0 Å². The Bertz CT molecular complexity index is 969. The molecule has 0 atom stereocenters. The number of anilines is 1. The highest BCUT2D eigenvalue weighted by Gasteiger charge is 2.17. The smallest absolute Gasteiger partial charge is 0.240 e. The SMILES string of the molecule is CNS(=O)(=O)c1ccc(NCc2ccccc2)c(-c2nnn(C)n2)c1. The summed E-state index contributed by atoms with van der Waals surface area (Å²) in [5, 5.41) is 15.3. The summed E-state index contributed by atoms with van der Waals surface area (Å²) < 4.78 is 26.5. The minimum absolute atomic E-state index is 0.141. The van der Waals surface area contributed by atoms with Crippen molar-refractivity contribution in [1.82, 2.24) is 24.9 Å². The summed E-state index contributed by atoms with van der Waals surface area (Å²) >= 11 is 0. The molecule has 0 fully saturated rings. The summed E-state index contributed by atoms with van der Waals surface area (Å²) in [5.74, 6) is 0.353. The Hall–Kier alpha value is -2.78. The fourth-order valence-electron chi connectivity index (χ4n) is 2.33. The van der Waals surface area contributed by atoms with Gasteiger partial charge in [0.05, 0.1) is 11.9 Å². The Morgan fingerprint density at radius 2 is 1.88 bits per heavy atom. The molecular weight excluding hydrogens is 340 g/mol. The second-order valence-corrected chi connectivity index (χ2v) is 7.24. The van der Waals surface area contributed by atoms with Crippen LogP contribution in [0.1, 0.15) is 5.56 Å². The Kier molecular flexibility index (Phi) is 4.77. The number of rotatable bonds is 6. The molecule has 0 bridgehead atoms. The van der Waals surface area contributed by atoms with Crippen LogP contribution in [0.5, 0.6) is 0 Å². The molecule has 2 aromatic carbocycles. The zero-order valence-electron chi connectivity index (χ0n) is 13.8. The van der Waals surface area contributed by atoms with Crippen LogP contribution >= 0.6 is 0 Å². The summed E-state index contributed by atoms with van der Waals surface area (Å²) in [5.41, 5.74) is 2.40. The molecule has 0 aliphatic heterocycles. The quantitative estimate of drug-likeness (QED) is 0.691. The first-order chi connectivity index (χ1) is 12.0. The molecule has 0 amide bonds. The summed E-state index contributed by atoms with van der Waals surface area (Å²) in [7, 11) is -0.540. The molecule has 0 aliphatic rings. The summed E-state index contributed by atoms with van der Waals surface area (Å²) in [4.78, 5) is 1.47. The topological polar surface area (TPSA) is 102 Å². The maximum Gasteiger partial charge on any atom is 0.240 e. The third kappa shape index (κ3) is 3.83. The summed E-state index contributed by atoms with van der Waals surface area (Å²) in [6.45, 7) is 0.590. The molecule has 25 heavy (non-hydrogen) atoms. The Morgan fingerprint density at radius 1 is 1.12 bits per heavy atom. The molecule has 3 aromatic rings. The average molecular weight is 358 g/mol. The van der Waals surface area contributed by atoms with Gasteiger partial charge in [-0.2, -0.15) is 4.80 Å². The van der Waals surface area contributed by atoms with Crippen molar-refractivity contribution in [2.75, 3.05) is 12.4 Å². The van der Waals surface area contributed by atoms with Crippen LogP contribution in [0, 0.1) is 0 Å². The zero-order valence-corrected chi connectivity index (χ0v) is 14.7. The number of aryl methyl sites for hydroxylation is 1. The highest BCUT2D eigenvalue weighted by molar-refractivity contribution is 7.89. The van der Waals surface area contributed by atoms with E-state index in [9.17, 15) is 8.42 Å². The van der Waals surface area contributed by atoms with Crippen LogP contribution in [0.3, 0.4) is 0 Å². The van der Waals surface area contributed by atoms with Crippen LogP contribution in [0.15, 0.2) is 53.4 Å². The molecule has 130 valence electrons. The van der Waals surface area contributed by atoms with Gasteiger partial charge in [0.2, 0.25) is 15.8 Å². The van der Waals surface area contributed by atoms with Gasteiger partial charge in [-0.15, -0.1) is 10.2 Å². The minimum Gasteiger partial charge on any atom is -0.380 e. The zero-order chi connectivity index (χ0) is 17.9. The first-order valence-corrected chi connectivity index (χ1v) is 9.07. The van der Waals surface area contributed by atoms with E-state index in [1.54, 1.807) is 19.2 Å². The standard InChI is InChI=1S/C16H18N6O2S/c1-17-25(23,24)13-8-9-15(18-11-12-6-4-3-5-7-12)14(10-13)16-19-21-22(2)20-16/h3-10,17-18H,11H2,1-2H3. The van der Waals surface area contributed by atoms with Crippen molar-refractivity contribution in [2.24, 2.45) is 7.05 Å². The van der Waals surface area contributed by atoms with Crippen LogP contribution in [-0.4, -0.2) is 35.7 Å². The molecular formula is C16H18N6O2S. The first-order valence-electron chi connectivity index (χ1n) is 7.59. The molecule has 8 nitrogen and oxygen atoms in total. The predicted molar refractivity (Wildman–Crippen MR) is 94.2 cm³/mol. The van der Waals surface area contributed by atoms with E-state index in [2.05, 4.69) is 25.4 Å². The Labute approximate surface area is 145 Å². The van der Waals surface area contributed by atoms with Crippen molar-refractivity contribution in [3.63, 3.8) is 0 Å². The van der Waals surface area contributed by atoms with Gasteiger partial charge in [-0.05, 0) is 36.0 Å². The van der Waals surface area contributed by atoms with Crippen molar-refractivity contribution >= 4 is 15.7 Å². The molecule has 0 radical (unpaired) electrons. The van der Waals surface area contributed by atoms with Gasteiger partial charge in [-0.3, -0.25) is 0 Å². The monoisotopic (exact) mass is 358 g/mol. The van der Waals surface area contributed by atoms with Gasteiger partial charge < -0.3 is 5.32 Å². The van der Waals surface area contributed by atoms with Gasteiger partial charge in [-0.1, -0.05) is 30.3 Å². The molecule has 2 N–H and O–H groups in total. The maximum atomic E-state index is 12.1. The fraction of sp³-hybridized carbons (Fsp3) is 0.188. The second kappa shape index (κ2) is 6.99. The summed E-state index contributed by atoms with van der Waals surface area (Å²) in [6, 6.07) is 14.7. The molecule has 0 unspecified atom stereocenters. The first kappa shape index (κ1) is 17.1. The van der Waals surface area contributed by atoms with Crippen molar-refractivity contribution < 1.29 is 8.42 Å². The van der Waals surface area contributed by atoms with E-state index in [0.717, 1.165) is 11.3 Å². The number of nitrogens with one attached hydrogen (secondary N) is 2. The van der Waals surface area contributed by atoms with Gasteiger partial charge in [-0.25, -0.2) is 13.1 Å². The Morgan fingerprint density at radius 3 is 2.52 bits per heavy atom. The van der Waals surface area contributed by atoms with Crippen molar-refractivity contribution in [1.29, 1.82) is 0 Å². The second-order valence-electron chi connectivity index (χ2n) is 5.36. The van der Waals surface area contributed by atoms with Crippen LogP contribution in [-0.2, 0) is 23.6 Å². The number of tetrazole rings is 1. The molecule has 0 saturated heterocycles. The van der Waals surface area contributed by atoms with E-state index in [1.807, 2.05) is 30.3 Å². The lowest BCUT2D eigenvalue weighted by Crippen LogP contribution is -2.18. The lowest BCUT2D eigenvalue weighted by atomic mass is 10.1. The third-order valence-electron chi connectivity index (χ3n) is 3.65. The lowest BCUT2D eigenvalue weighted by molar-refractivity contribution is 0.588. The van der Waals surface area contributed by atoms with E-state index in [1.165, 1.54) is 17.9 Å². The minimum atomic E-state index is -3.57. The number of nitrogens with zero attached hydrogens (tertiary/aromatic N) is 4. The number of benzene rings is 2. The third-order valence-corrected chi connectivity index (χ3v) is 5.06. The van der Waals surface area contributed by atoms with Crippen LogP contribution < -0.4 is 10.0 Å². The van der Waals surface area contributed by atoms with Gasteiger partial charge in [0.15, 0.2) is 0 Å². The van der Waals surface area contributed by atoms with Gasteiger partial charge in [0, 0.05) is 17.8 Å². The lowest BCUT2D eigenvalue weighted by Gasteiger charge is -2.12. The number of hydrogen-bond acceptors (Lipinski definition) is 6.